The SMILES string of the molecule is CCC(C)C(NS(=O)(=O)c1cc[nH]c1)C(=O)O. The monoisotopic (exact) mass is 260 g/mol. The number of rotatable bonds is 6. The predicted octanol–water partition coefficient (Wildman–Crippen LogP) is 0.792. The lowest BCUT2D eigenvalue weighted by atomic mass is 10.0. The van der Waals surface area contributed by atoms with Crippen molar-refractivity contribution in [3.05, 3.63) is 18.5 Å². The third-order valence-corrected chi connectivity index (χ3v) is 4.08. The van der Waals surface area contributed by atoms with E-state index in [1.807, 2.05) is 6.92 Å². The summed E-state index contributed by atoms with van der Waals surface area (Å²) in [6.45, 7) is 3.50. The molecule has 17 heavy (non-hydrogen) atoms. The summed E-state index contributed by atoms with van der Waals surface area (Å²) in [6.07, 6.45) is 3.35. The Morgan fingerprint density at radius 1 is 1.59 bits per heavy atom. The summed E-state index contributed by atoms with van der Waals surface area (Å²) in [4.78, 5) is 13.7. The second-order valence-electron chi connectivity index (χ2n) is 3.87. The highest BCUT2D eigenvalue weighted by molar-refractivity contribution is 7.89. The van der Waals surface area contributed by atoms with E-state index in [1.165, 1.54) is 18.5 Å². The zero-order chi connectivity index (χ0) is 13.1. The number of H-pyrrole nitrogens is 1. The molecule has 96 valence electrons. The number of carboxylic acid groups (broad SMARTS) is 1. The van der Waals surface area contributed by atoms with Crippen LogP contribution in [0.1, 0.15) is 20.3 Å². The van der Waals surface area contributed by atoms with Crippen LogP contribution in [-0.4, -0.2) is 30.5 Å². The maximum Gasteiger partial charge on any atom is 0.322 e. The van der Waals surface area contributed by atoms with E-state index in [1.54, 1.807) is 6.92 Å². The van der Waals surface area contributed by atoms with Gasteiger partial charge in [-0.2, -0.15) is 4.72 Å². The number of nitrogens with one attached hydrogen (secondary N) is 2. The minimum Gasteiger partial charge on any atom is -0.480 e. The number of carboxylic acids is 1. The lowest BCUT2D eigenvalue weighted by Gasteiger charge is -2.19. The summed E-state index contributed by atoms with van der Waals surface area (Å²) in [5.74, 6) is -1.44. The topological polar surface area (TPSA) is 99.3 Å². The molecule has 2 unspecified atom stereocenters. The van der Waals surface area contributed by atoms with Gasteiger partial charge in [0.1, 0.15) is 6.04 Å². The van der Waals surface area contributed by atoms with E-state index in [4.69, 9.17) is 5.11 Å². The Kier molecular flexibility index (Phi) is 4.30. The van der Waals surface area contributed by atoms with Gasteiger partial charge in [0.05, 0.1) is 4.90 Å². The zero-order valence-electron chi connectivity index (χ0n) is 9.67. The Bertz CT molecular complexity index is 467. The average Bonchev–Trinajstić information content (AvgIpc) is 2.78. The molecular formula is C10H16N2O4S. The predicted molar refractivity (Wildman–Crippen MR) is 62.0 cm³/mol. The molecule has 0 spiro atoms. The smallest absolute Gasteiger partial charge is 0.322 e. The van der Waals surface area contributed by atoms with Crippen LogP contribution in [0, 0.1) is 5.92 Å². The van der Waals surface area contributed by atoms with Gasteiger partial charge in [-0.05, 0) is 12.0 Å². The van der Waals surface area contributed by atoms with E-state index in [0.717, 1.165) is 0 Å². The lowest BCUT2D eigenvalue weighted by Crippen LogP contribution is -2.44. The Morgan fingerprint density at radius 3 is 2.65 bits per heavy atom. The number of sulfonamides is 1. The van der Waals surface area contributed by atoms with Gasteiger partial charge in [0.25, 0.3) is 0 Å². The van der Waals surface area contributed by atoms with Crippen LogP contribution in [0.5, 0.6) is 0 Å². The first-order valence-electron chi connectivity index (χ1n) is 5.26. The molecule has 0 amide bonds. The lowest BCUT2D eigenvalue weighted by molar-refractivity contribution is -0.140. The molecule has 6 nitrogen and oxygen atoms in total. The van der Waals surface area contributed by atoms with Crippen molar-refractivity contribution in [2.45, 2.75) is 31.2 Å². The highest BCUT2D eigenvalue weighted by Gasteiger charge is 2.29. The zero-order valence-corrected chi connectivity index (χ0v) is 10.5. The molecule has 3 N–H and O–H groups in total. The molecule has 1 aromatic heterocycles. The number of aromatic amines is 1. The number of hydrogen-bond acceptors (Lipinski definition) is 3. The molecule has 0 fully saturated rings. The Hall–Kier alpha value is -1.34. The van der Waals surface area contributed by atoms with E-state index in [0.29, 0.717) is 6.42 Å². The molecule has 1 aromatic rings. The highest BCUT2D eigenvalue weighted by atomic mass is 32.2. The molecule has 0 aliphatic rings. The van der Waals surface area contributed by atoms with Gasteiger partial charge in [-0.15, -0.1) is 0 Å². The molecule has 0 bridgehead atoms. The standard InChI is InChI=1S/C10H16N2O4S/c1-3-7(2)9(10(13)14)12-17(15,16)8-4-5-11-6-8/h4-7,9,11-12H,3H2,1-2H3,(H,13,14). The van der Waals surface area contributed by atoms with Crippen molar-refractivity contribution in [1.82, 2.24) is 9.71 Å². The number of carbonyl (C=O) groups is 1. The van der Waals surface area contributed by atoms with Crippen molar-refractivity contribution in [3.8, 4) is 0 Å². The molecule has 7 heteroatoms. The van der Waals surface area contributed by atoms with Gasteiger partial charge in [0.15, 0.2) is 0 Å². The molecular weight excluding hydrogens is 244 g/mol. The van der Waals surface area contributed by atoms with Gasteiger partial charge < -0.3 is 10.1 Å². The van der Waals surface area contributed by atoms with E-state index in [2.05, 4.69) is 9.71 Å². The van der Waals surface area contributed by atoms with Crippen molar-refractivity contribution in [3.63, 3.8) is 0 Å². The fourth-order valence-electron chi connectivity index (χ4n) is 1.36. The summed E-state index contributed by atoms with van der Waals surface area (Å²) >= 11 is 0. The first-order valence-corrected chi connectivity index (χ1v) is 6.74. The largest absolute Gasteiger partial charge is 0.480 e. The highest BCUT2D eigenvalue weighted by Crippen LogP contribution is 2.13. The second-order valence-corrected chi connectivity index (χ2v) is 5.58. The summed E-state index contributed by atoms with van der Waals surface area (Å²) in [6, 6.07) is 0.262. The first-order chi connectivity index (χ1) is 7.88. The average molecular weight is 260 g/mol. The van der Waals surface area contributed by atoms with E-state index in [9.17, 15) is 13.2 Å². The Morgan fingerprint density at radius 2 is 2.24 bits per heavy atom. The minimum atomic E-state index is -3.78. The van der Waals surface area contributed by atoms with Crippen LogP contribution in [0.15, 0.2) is 23.4 Å². The van der Waals surface area contributed by atoms with Gasteiger partial charge in [-0.25, -0.2) is 8.42 Å². The number of aromatic nitrogens is 1. The summed E-state index contributed by atoms with van der Waals surface area (Å²) in [7, 11) is -3.78. The molecule has 1 heterocycles. The van der Waals surface area contributed by atoms with Gasteiger partial charge >= 0.3 is 5.97 Å². The molecule has 0 aromatic carbocycles. The van der Waals surface area contributed by atoms with Crippen molar-refractivity contribution in [1.29, 1.82) is 0 Å². The maximum atomic E-state index is 11.8. The second kappa shape index (κ2) is 5.33. The van der Waals surface area contributed by atoms with Crippen LogP contribution in [0.2, 0.25) is 0 Å². The Balaban J connectivity index is 2.92. The van der Waals surface area contributed by atoms with Crippen LogP contribution in [0.4, 0.5) is 0 Å². The van der Waals surface area contributed by atoms with E-state index >= 15 is 0 Å². The molecule has 1 rings (SSSR count). The molecule has 0 aliphatic carbocycles. The normalized spacial score (nSPS) is 15.4. The van der Waals surface area contributed by atoms with Crippen LogP contribution >= 0.6 is 0 Å². The van der Waals surface area contributed by atoms with Crippen molar-refractivity contribution in [2.75, 3.05) is 0 Å². The third-order valence-electron chi connectivity index (χ3n) is 2.64. The molecule has 0 radical (unpaired) electrons. The van der Waals surface area contributed by atoms with Crippen molar-refractivity contribution < 1.29 is 18.3 Å². The van der Waals surface area contributed by atoms with Gasteiger partial charge in [-0.3, -0.25) is 4.79 Å². The quantitative estimate of drug-likeness (QED) is 0.704. The maximum absolute atomic E-state index is 11.8. The number of hydrogen-bond donors (Lipinski definition) is 3. The van der Waals surface area contributed by atoms with Crippen LogP contribution in [0.3, 0.4) is 0 Å². The van der Waals surface area contributed by atoms with Gasteiger partial charge in [0, 0.05) is 12.4 Å². The fourth-order valence-corrected chi connectivity index (χ4v) is 2.63. The third kappa shape index (κ3) is 3.31. The Labute approximate surface area is 100 Å². The van der Waals surface area contributed by atoms with Crippen molar-refractivity contribution >= 4 is 16.0 Å². The van der Waals surface area contributed by atoms with E-state index in [-0.39, 0.29) is 10.8 Å². The minimum absolute atomic E-state index is 0.0343. The molecule has 0 aliphatic heterocycles. The number of aliphatic carboxylic acids is 1. The molecule has 0 saturated carbocycles. The van der Waals surface area contributed by atoms with Crippen molar-refractivity contribution in [2.24, 2.45) is 5.92 Å². The summed E-state index contributed by atoms with van der Waals surface area (Å²) in [5.41, 5.74) is 0. The summed E-state index contributed by atoms with van der Waals surface area (Å²) < 4.78 is 25.9. The molecule has 2 atom stereocenters. The van der Waals surface area contributed by atoms with Crippen LogP contribution < -0.4 is 4.72 Å². The van der Waals surface area contributed by atoms with Gasteiger partial charge in [-0.1, -0.05) is 20.3 Å². The van der Waals surface area contributed by atoms with Gasteiger partial charge in [0.2, 0.25) is 10.0 Å². The first kappa shape index (κ1) is 13.7. The van der Waals surface area contributed by atoms with Crippen LogP contribution in [-0.2, 0) is 14.8 Å². The van der Waals surface area contributed by atoms with E-state index < -0.39 is 22.0 Å². The summed E-state index contributed by atoms with van der Waals surface area (Å²) in [5, 5.41) is 9.00. The van der Waals surface area contributed by atoms with Crippen LogP contribution in [0.25, 0.3) is 0 Å². The molecule has 0 saturated heterocycles. The fraction of sp³-hybridized carbons (Fsp3) is 0.500.